The average molecular weight is 266 g/mol. The molecule has 0 N–H and O–H groups in total. The van der Waals surface area contributed by atoms with Crippen molar-refractivity contribution in [2.45, 2.75) is 19.3 Å². The number of carbonyl (C=O) groups is 1. The Morgan fingerprint density at radius 2 is 1.84 bits per heavy atom. The van der Waals surface area contributed by atoms with Gasteiger partial charge in [0.25, 0.3) is 6.08 Å². The summed E-state index contributed by atoms with van der Waals surface area (Å²) in [6.45, 7) is 3.61. The third kappa shape index (κ3) is 1.78. The monoisotopic (exact) mass is 266 g/mol. The third-order valence-corrected chi connectivity index (χ3v) is 4.21. The van der Waals surface area contributed by atoms with Crippen LogP contribution in [0.3, 0.4) is 0 Å². The lowest BCUT2D eigenvalue weighted by Gasteiger charge is -2.18. The Bertz CT molecular complexity index is 518. The van der Waals surface area contributed by atoms with Gasteiger partial charge in [-0.2, -0.15) is 8.78 Å². The van der Waals surface area contributed by atoms with E-state index < -0.39 is 28.8 Å². The molecule has 1 saturated carbocycles. The molecule has 2 atom stereocenters. The third-order valence-electron chi connectivity index (χ3n) is 4.21. The molecule has 1 aliphatic rings. The molecule has 1 aromatic rings. The zero-order valence-electron chi connectivity index (χ0n) is 11.1. The van der Waals surface area contributed by atoms with Gasteiger partial charge in [-0.25, -0.2) is 0 Å². The van der Waals surface area contributed by atoms with Crippen LogP contribution in [0.25, 0.3) is 0 Å². The number of carbonyl (C=O) groups excluding carboxylic acids is 1. The maximum atomic E-state index is 12.6. The van der Waals surface area contributed by atoms with Crippen LogP contribution < -0.4 is 0 Å². The van der Waals surface area contributed by atoms with E-state index in [1.54, 1.807) is 38.1 Å². The number of methoxy groups -OCH3 is 1. The molecule has 0 amide bonds. The average Bonchev–Trinajstić information content (AvgIpc) is 2.86. The Kier molecular flexibility index (Phi) is 3.20. The van der Waals surface area contributed by atoms with Crippen LogP contribution >= 0.6 is 0 Å². The molecule has 0 saturated heterocycles. The van der Waals surface area contributed by atoms with Crippen molar-refractivity contribution in [1.29, 1.82) is 0 Å². The van der Waals surface area contributed by atoms with Crippen LogP contribution in [0.1, 0.15) is 19.4 Å². The molecule has 0 heterocycles. The van der Waals surface area contributed by atoms with Gasteiger partial charge >= 0.3 is 5.97 Å². The van der Waals surface area contributed by atoms with Crippen LogP contribution in [0.4, 0.5) is 8.78 Å². The lowest BCUT2D eigenvalue weighted by atomic mass is 9.87. The first-order valence-electron chi connectivity index (χ1n) is 6.05. The van der Waals surface area contributed by atoms with Crippen molar-refractivity contribution in [2.75, 3.05) is 7.11 Å². The topological polar surface area (TPSA) is 26.3 Å². The Balaban J connectivity index is 2.57. The fraction of sp³-hybridized carbons (Fsp3) is 0.400. The number of hydrogen-bond acceptors (Lipinski definition) is 2. The highest BCUT2D eigenvalue weighted by molar-refractivity contribution is 5.90. The first-order chi connectivity index (χ1) is 8.89. The number of halogens is 2. The summed E-state index contributed by atoms with van der Waals surface area (Å²) in [4.78, 5) is 12.2. The van der Waals surface area contributed by atoms with E-state index >= 15 is 0 Å². The second-order valence-corrected chi connectivity index (χ2v) is 5.32. The molecule has 19 heavy (non-hydrogen) atoms. The summed E-state index contributed by atoms with van der Waals surface area (Å²) < 4.78 is 30.1. The van der Waals surface area contributed by atoms with Gasteiger partial charge < -0.3 is 4.74 Å². The van der Waals surface area contributed by atoms with Gasteiger partial charge in [-0.1, -0.05) is 44.2 Å². The predicted molar refractivity (Wildman–Crippen MR) is 67.7 cm³/mol. The van der Waals surface area contributed by atoms with E-state index in [0.29, 0.717) is 5.56 Å². The number of esters is 1. The summed E-state index contributed by atoms with van der Waals surface area (Å²) >= 11 is 0. The molecule has 2 unspecified atom stereocenters. The van der Waals surface area contributed by atoms with E-state index in [1.807, 2.05) is 6.07 Å². The first kappa shape index (κ1) is 13.7. The highest BCUT2D eigenvalue weighted by Crippen LogP contribution is 2.70. The molecule has 1 aromatic carbocycles. The van der Waals surface area contributed by atoms with Crippen LogP contribution in [0, 0.1) is 11.3 Å². The molecule has 0 spiro atoms. The lowest BCUT2D eigenvalue weighted by molar-refractivity contribution is -0.144. The van der Waals surface area contributed by atoms with Gasteiger partial charge in [0.15, 0.2) is 0 Å². The predicted octanol–water partition coefficient (Wildman–Crippen LogP) is 3.53. The second kappa shape index (κ2) is 4.44. The van der Waals surface area contributed by atoms with Gasteiger partial charge in [-0.15, -0.1) is 0 Å². The molecule has 2 nitrogen and oxygen atoms in total. The number of hydrogen-bond donors (Lipinski definition) is 0. The number of allylic oxidation sites excluding steroid dienone is 1. The molecule has 0 bridgehead atoms. The highest BCUT2D eigenvalue weighted by atomic mass is 19.3. The Morgan fingerprint density at radius 1 is 1.26 bits per heavy atom. The van der Waals surface area contributed by atoms with Crippen molar-refractivity contribution in [2.24, 2.45) is 11.3 Å². The van der Waals surface area contributed by atoms with Crippen molar-refractivity contribution in [1.82, 2.24) is 0 Å². The molecule has 1 aliphatic carbocycles. The largest absolute Gasteiger partial charge is 0.468 e. The van der Waals surface area contributed by atoms with Crippen molar-refractivity contribution in [3.63, 3.8) is 0 Å². The van der Waals surface area contributed by atoms with E-state index in [9.17, 15) is 13.6 Å². The van der Waals surface area contributed by atoms with Gasteiger partial charge in [-0.3, -0.25) is 4.79 Å². The fourth-order valence-electron chi connectivity index (χ4n) is 3.18. The van der Waals surface area contributed by atoms with Crippen molar-refractivity contribution < 1.29 is 18.3 Å². The Labute approximate surface area is 111 Å². The molecular formula is C15H16F2O2. The van der Waals surface area contributed by atoms with E-state index in [4.69, 9.17) is 4.74 Å². The molecule has 1 fully saturated rings. The Hall–Kier alpha value is -1.71. The fourth-order valence-corrected chi connectivity index (χ4v) is 3.18. The summed E-state index contributed by atoms with van der Waals surface area (Å²) in [7, 11) is 1.29. The van der Waals surface area contributed by atoms with Gasteiger partial charge in [0, 0.05) is 5.92 Å². The van der Waals surface area contributed by atoms with E-state index in [2.05, 4.69) is 0 Å². The van der Waals surface area contributed by atoms with Crippen LogP contribution in [0.15, 0.2) is 42.5 Å². The van der Waals surface area contributed by atoms with Gasteiger partial charge in [0.2, 0.25) is 0 Å². The maximum absolute atomic E-state index is 12.6. The molecule has 2 rings (SSSR count). The standard InChI is InChI=1S/C15H16F2O2/c1-14(2)11(9-12(16)17)15(14,13(18)19-3)10-7-5-4-6-8-10/h4-9,11H,1-3H3. The van der Waals surface area contributed by atoms with Crippen LogP contribution in [-0.2, 0) is 14.9 Å². The van der Waals surface area contributed by atoms with Gasteiger partial charge in [0.1, 0.15) is 5.41 Å². The summed E-state index contributed by atoms with van der Waals surface area (Å²) in [6, 6.07) is 8.97. The second-order valence-electron chi connectivity index (χ2n) is 5.32. The number of ether oxygens (including phenoxy) is 1. The number of rotatable bonds is 3. The maximum Gasteiger partial charge on any atom is 0.317 e. The molecular weight excluding hydrogens is 250 g/mol. The van der Waals surface area contributed by atoms with Crippen LogP contribution in [-0.4, -0.2) is 13.1 Å². The molecule has 102 valence electrons. The van der Waals surface area contributed by atoms with Crippen LogP contribution in [0.5, 0.6) is 0 Å². The Morgan fingerprint density at radius 3 is 2.32 bits per heavy atom. The normalized spacial score (nSPS) is 27.5. The SMILES string of the molecule is COC(=O)C1(c2ccccc2)C(C=C(F)F)C1(C)C. The van der Waals surface area contributed by atoms with Gasteiger partial charge in [0.05, 0.1) is 7.11 Å². The highest BCUT2D eigenvalue weighted by Gasteiger charge is 2.76. The summed E-state index contributed by atoms with van der Waals surface area (Å²) in [5, 5.41) is 0. The molecule has 4 heteroatoms. The zero-order valence-corrected chi connectivity index (χ0v) is 11.1. The smallest absolute Gasteiger partial charge is 0.317 e. The van der Waals surface area contributed by atoms with Crippen LogP contribution in [0.2, 0.25) is 0 Å². The quantitative estimate of drug-likeness (QED) is 0.782. The minimum atomic E-state index is -1.76. The summed E-state index contributed by atoms with van der Waals surface area (Å²) in [5.74, 6) is -1.02. The first-order valence-corrected chi connectivity index (χ1v) is 6.05. The minimum Gasteiger partial charge on any atom is -0.468 e. The summed E-state index contributed by atoms with van der Waals surface area (Å²) in [5.41, 5.74) is -0.897. The molecule has 0 aliphatic heterocycles. The van der Waals surface area contributed by atoms with Crippen molar-refractivity contribution in [3.8, 4) is 0 Å². The zero-order chi connectivity index (χ0) is 14.3. The minimum absolute atomic E-state index is 0.466. The van der Waals surface area contributed by atoms with Crippen molar-refractivity contribution in [3.05, 3.63) is 48.1 Å². The molecule has 0 radical (unpaired) electrons. The van der Waals surface area contributed by atoms with E-state index in [0.717, 1.165) is 6.08 Å². The van der Waals surface area contributed by atoms with Crippen molar-refractivity contribution >= 4 is 5.97 Å². The summed E-state index contributed by atoms with van der Waals surface area (Å²) in [6.07, 6.45) is -0.899. The number of benzene rings is 1. The van der Waals surface area contributed by atoms with Gasteiger partial charge in [-0.05, 0) is 17.1 Å². The lowest BCUT2D eigenvalue weighted by Crippen LogP contribution is -2.28. The van der Waals surface area contributed by atoms with E-state index in [-0.39, 0.29) is 0 Å². The van der Waals surface area contributed by atoms with E-state index in [1.165, 1.54) is 7.11 Å². The molecule has 0 aromatic heterocycles.